The highest BCUT2D eigenvalue weighted by Gasteiger charge is 2.57. The van der Waals surface area contributed by atoms with Crippen LogP contribution in [0.4, 0.5) is 22.0 Å². The Morgan fingerprint density at radius 1 is 0.857 bits per heavy atom. The van der Waals surface area contributed by atoms with Crippen molar-refractivity contribution in [3.8, 4) is 0 Å². The van der Waals surface area contributed by atoms with Crippen LogP contribution in [-0.2, 0) is 0 Å². The van der Waals surface area contributed by atoms with Gasteiger partial charge in [0.05, 0.1) is 0 Å². The van der Waals surface area contributed by atoms with E-state index in [2.05, 4.69) is 0 Å². The van der Waals surface area contributed by atoms with Gasteiger partial charge in [-0.15, -0.1) is 0 Å². The molecule has 1 aliphatic carbocycles. The summed E-state index contributed by atoms with van der Waals surface area (Å²) >= 11 is 0. The molecule has 0 aromatic heterocycles. The average molecular weight is 216 g/mol. The summed E-state index contributed by atoms with van der Waals surface area (Å²) in [5.41, 5.74) is 0. The first-order chi connectivity index (χ1) is 6.33. The van der Waals surface area contributed by atoms with E-state index < -0.39 is 24.4 Å². The van der Waals surface area contributed by atoms with Crippen LogP contribution in [0.5, 0.6) is 0 Å². The van der Waals surface area contributed by atoms with Crippen LogP contribution < -0.4 is 0 Å². The molecule has 0 aromatic carbocycles. The van der Waals surface area contributed by atoms with Crippen molar-refractivity contribution in [2.75, 3.05) is 0 Å². The molecule has 0 aromatic rings. The molecule has 1 saturated carbocycles. The minimum Gasteiger partial charge on any atom is -0.196 e. The lowest BCUT2D eigenvalue weighted by Gasteiger charge is -2.27. The zero-order valence-corrected chi connectivity index (χ0v) is 7.71. The second-order valence-electron chi connectivity index (χ2n) is 3.91. The summed E-state index contributed by atoms with van der Waals surface area (Å²) in [6.45, 7) is 0. The Bertz CT molecular complexity index is 178. The van der Waals surface area contributed by atoms with E-state index in [1.807, 2.05) is 0 Å². The van der Waals surface area contributed by atoms with Gasteiger partial charge in [0.25, 0.3) is 0 Å². The molecule has 0 saturated heterocycles. The molecule has 0 heterocycles. The Hall–Kier alpha value is -0.350. The Morgan fingerprint density at radius 2 is 1.36 bits per heavy atom. The van der Waals surface area contributed by atoms with E-state index in [0.717, 1.165) is 19.3 Å². The molecule has 84 valence electrons. The van der Waals surface area contributed by atoms with E-state index in [9.17, 15) is 22.0 Å². The van der Waals surface area contributed by atoms with Crippen molar-refractivity contribution in [1.29, 1.82) is 0 Å². The number of rotatable bonds is 2. The van der Waals surface area contributed by atoms with Crippen molar-refractivity contribution in [1.82, 2.24) is 0 Å². The molecule has 14 heavy (non-hydrogen) atoms. The second kappa shape index (κ2) is 4.03. The van der Waals surface area contributed by atoms with Gasteiger partial charge < -0.3 is 0 Å². The first-order valence-electron chi connectivity index (χ1n) is 4.77. The van der Waals surface area contributed by atoms with Crippen LogP contribution in [0.1, 0.15) is 38.5 Å². The Labute approximate surface area is 79.5 Å². The number of halogens is 5. The fourth-order valence-corrected chi connectivity index (χ4v) is 1.87. The highest BCUT2D eigenvalue weighted by atomic mass is 19.4. The smallest absolute Gasteiger partial charge is 0.196 e. The van der Waals surface area contributed by atoms with E-state index in [4.69, 9.17) is 0 Å². The highest BCUT2D eigenvalue weighted by Crippen LogP contribution is 2.42. The average Bonchev–Trinajstić information content (AvgIpc) is 2.03. The lowest BCUT2D eigenvalue weighted by atomic mass is 9.85. The number of hydrogen-bond donors (Lipinski definition) is 0. The predicted molar refractivity (Wildman–Crippen MR) is 42.2 cm³/mol. The number of hydrogen-bond acceptors (Lipinski definition) is 0. The van der Waals surface area contributed by atoms with Crippen LogP contribution in [0.3, 0.4) is 0 Å². The molecule has 0 nitrogen and oxygen atoms in total. The lowest BCUT2D eigenvalue weighted by Crippen LogP contribution is -2.38. The Kier molecular flexibility index (Phi) is 3.37. The predicted octanol–water partition coefficient (Wildman–Crippen LogP) is 4.15. The summed E-state index contributed by atoms with van der Waals surface area (Å²) in [5, 5.41) is 0. The molecular formula is C9H13F5. The molecule has 0 amide bonds. The monoisotopic (exact) mass is 216 g/mol. The van der Waals surface area contributed by atoms with Crippen molar-refractivity contribution in [3.63, 3.8) is 0 Å². The molecule has 1 rings (SSSR count). The Morgan fingerprint density at radius 3 is 1.79 bits per heavy atom. The number of alkyl halides is 5. The third kappa shape index (κ3) is 2.82. The van der Waals surface area contributed by atoms with Gasteiger partial charge >= 0.3 is 12.1 Å². The largest absolute Gasteiger partial charge is 0.453 e. The van der Waals surface area contributed by atoms with Gasteiger partial charge in [-0.2, -0.15) is 22.0 Å². The molecule has 0 aliphatic heterocycles. The second-order valence-corrected chi connectivity index (χ2v) is 3.91. The molecule has 0 spiro atoms. The summed E-state index contributed by atoms with van der Waals surface area (Å²) < 4.78 is 60.7. The normalized spacial score (nSPS) is 21.2. The first-order valence-corrected chi connectivity index (χ1v) is 4.77. The maximum absolute atomic E-state index is 12.6. The van der Waals surface area contributed by atoms with Gasteiger partial charge in [-0.3, -0.25) is 0 Å². The van der Waals surface area contributed by atoms with E-state index in [1.165, 1.54) is 0 Å². The molecule has 5 heteroatoms. The zero-order chi connectivity index (χ0) is 10.8. The summed E-state index contributed by atoms with van der Waals surface area (Å²) in [5.74, 6) is -4.96. The van der Waals surface area contributed by atoms with Crippen LogP contribution in [0.25, 0.3) is 0 Å². The van der Waals surface area contributed by atoms with Crippen molar-refractivity contribution < 1.29 is 22.0 Å². The third-order valence-corrected chi connectivity index (χ3v) is 2.68. The molecule has 0 atom stereocenters. The van der Waals surface area contributed by atoms with E-state index in [-0.39, 0.29) is 0 Å². The van der Waals surface area contributed by atoms with Crippen molar-refractivity contribution >= 4 is 0 Å². The summed E-state index contributed by atoms with van der Waals surface area (Å²) in [4.78, 5) is 0. The van der Waals surface area contributed by atoms with Gasteiger partial charge in [-0.1, -0.05) is 32.1 Å². The van der Waals surface area contributed by atoms with Gasteiger partial charge in [0, 0.05) is 6.42 Å². The van der Waals surface area contributed by atoms with Crippen LogP contribution in [0, 0.1) is 5.92 Å². The molecule has 1 fully saturated rings. The first kappa shape index (κ1) is 11.7. The van der Waals surface area contributed by atoms with Gasteiger partial charge in [0.2, 0.25) is 0 Å². The minimum absolute atomic E-state index is 0.458. The topological polar surface area (TPSA) is 0 Å². The van der Waals surface area contributed by atoms with Crippen molar-refractivity contribution in [2.24, 2.45) is 5.92 Å². The highest BCUT2D eigenvalue weighted by molar-refractivity contribution is 4.80. The van der Waals surface area contributed by atoms with Gasteiger partial charge in [-0.05, 0) is 5.92 Å². The van der Waals surface area contributed by atoms with Crippen LogP contribution >= 0.6 is 0 Å². The summed E-state index contributed by atoms with van der Waals surface area (Å²) in [7, 11) is 0. The van der Waals surface area contributed by atoms with Crippen molar-refractivity contribution in [2.45, 2.75) is 50.6 Å². The van der Waals surface area contributed by atoms with Crippen LogP contribution in [0.15, 0.2) is 0 Å². The zero-order valence-electron chi connectivity index (χ0n) is 7.71. The molecule has 1 aliphatic rings. The summed E-state index contributed by atoms with van der Waals surface area (Å²) in [6, 6.07) is 0. The Balaban J connectivity index is 2.49. The van der Waals surface area contributed by atoms with Crippen LogP contribution in [-0.4, -0.2) is 12.1 Å². The molecule has 0 bridgehead atoms. The molecule has 0 radical (unpaired) electrons. The van der Waals surface area contributed by atoms with E-state index in [0.29, 0.717) is 12.8 Å². The van der Waals surface area contributed by atoms with Crippen molar-refractivity contribution in [3.05, 3.63) is 0 Å². The maximum atomic E-state index is 12.6. The maximum Gasteiger partial charge on any atom is 0.453 e. The summed E-state index contributed by atoms with van der Waals surface area (Å²) in [6.07, 6.45) is -2.90. The third-order valence-electron chi connectivity index (χ3n) is 2.68. The van der Waals surface area contributed by atoms with E-state index in [1.54, 1.807) is 0 Å². The molecule has 0 unspecified atom stereocenters. The van der Waals surface area contributed by atoms with E-state index >= 15 is 0 Å². The molecular weight excluding hydrogens is 203 g/mol. The fraction of sp³-hybridized carbons (Fsp3) is 1.00. The standard InChI is InChI=1S/C9H13F5/c10-8(11,9(12,13)14)6-7-4-2-1-3-5-7/h7H,1-6H2. The fourth-order valence-electron chi connectivity index (χ4n) is 1.87. The van der Waals surface area contributed by atoms with Gasteiger partial charge in [-0.25, -0.2) is 0 Å². The SMILES string of the molecule is FC(F)(F)C(F)(F)CC1CCCCC1. The van der Waals surface area contributed by atoms with Crippen LogP contribution in [0.2, 0.25) is 0 Å². The lowest BCUT2D eigenvalue weighted by molar-refractivity contribution is -0.288. The minimum atomic E-state index is -5.38. The quantitative estimate of drug-likeness (QED) is 0.608. The van der Waals surface area contributed by atoms with Gasteiger partial charge in [0.15, 0.2) is 0 Å². The van der Waals surface area contributed by atoms with Gasteiger partial charge in [0.1, 0.15) is 0 Å². The molecule has 0 N–H and O–H groups in total.